The fourth-order valence-corrected chi connectivity index (χ4v) is 1.21. The molecule has 0 radical (unpaired) electrons. The second-order valence-corrected chi connectivity index (χ2v) is 2.55. The molecule has 1 heterocycles. The molecule has 0 saturated carbocycles. The Balaban J connectivity index is 2.77. The Bertz CT molecular complexity index is 189. The second kappa shape index (κ2) is 2.69. The van der Waals surface area contributed by atoms with Crippen molar-refractivity contribution in [2.45, 2.75) is 0 Å². The average Bonchev–Trinajstić information content (AvgIpc) is 2.37. The highest BCUT2D eigenvalue weighted by atomic mass is 32.1. The van der Waals surface area contributed by atoms with Crippen LogP contribution in [0, 0.1) is 0 Å². The van der Waals surface area contributed by atoms with E-state index in [-0.39, 0.29) is 0 Å². The number of thiophene rings is 1. The zero-order valence-corrected chi connectivity index (χ0v) is 6.07. The van der Waals surface area contributed by atoms with E-state index < -0.39 is 0 Å². The van der Waals surface area contributed by atoms with Gasteiger partial charge in [-0.3, -0.25) is 0 Å². The lowest BCUT2D eigenvalue weighted by molar-refractivity contribution is 0.372. The predicted octanol–water partition coefficient (Wildman–Crippen LogP) is 2.37. The van der Waals surface area contributed by atoms with Crippen molar-refractivity contribution < 1.29 is 4.74 Å². The molecule has 48 valence electrons. The van der Waals surface area contributed by atoms with Gasteiger partial charge in [0.15, 0.2) is 0 Å². The fraction of sp³-hybridized carbons (Fsp3) is 0.143. The van der Waals surface area contributed by atoms with Crippen molar-refractivity contribution in [3.8, 4) is 0 Å². The van der Waals surface area contributed by atoms with E-state index in [1.54, 1.807) is 18.4 Å². The van der Waals surface area contributed by atoms with Crippen molar-refractivity contribution in [2.24, 2.45) is 0 Å². The molecule has 1 rings (SSSR count). The van der Waals surface area contributed by atoms with Crippen LogP contribution in [0.3, 0.4) is 0 Å². The number of hydrogen-bond acceptors (Lipinski definition) is 2. The third-order valence-electron chi connectivity index (χ3n) is 1.04. The minimum Gasteiger partial charge on any atom is -0.496 e. The van der Waals surface area contributed by atoms with Gasteiger partial charge in [-0.05, 0) is 11.4 Å². The van der Waals surface area contributed by atoms with Crippen LogP contribution < -0.4 is 0 Å². The van der Waals surface area contributed by atoms with E-state index in [2.05, 4.69) is 6.58 Å². The predicted molar refractivity (Wildman–Crippen MR) is 40.4 cm³/mol. The summed E-state index contributed by atoms with van der Waals surface area (Å²) in [5, 5.41) is 2.00. The quantitative estimate of drug-likeness (QED) is 0.573. The van der Waals surface area contributed by atoms with Gasteiger partial charge in [0.25, 0.3) is 0 Å². The molecule has 0 spiro atoms. The van der Waals surface area contributed by atoms with Gasteiger partial charge in [-0.2, -0.15) is 0 Å². The van der Waals surface area contributed by atoms with Gasteiger partial charge in [0.05, 0.1) is 12.0 Å². The summed E-state index contributed by atoms with van der Waals surface area (Å²) in [7, 11) is 1.63. The van der Waals surface area contributed by atoms with Gasteiger partial charge in [0, 0.05) is 0 Å². The van der Waals surface area contributed by atoms with Crippen LogP contribution in [0.5, 0.6) is 0 Å². The molecule has 0 aromatic carbocycles. The minimum absolute atomic E-state index is 0.741. The lowest BCUT2D eigenvalue weighted by Crippen LogP contribution is -1.77. The Morgan fingerprint density at radius 1 is 1.78 bits per heavy atom. The average molecular weight is 140 g/mol. The van der Waals surface area contributed by atoms with Gasteiger partial charge in [0.1, 0.15) is 5.76 Å². The van der Waals surface area contributed by atoms with Gasteiger partial charge in [-0.15, -0.1) is 11.3 Å². The smallest absolute Gasteiger partial charge is 0.128 e. The zero-order valence-electron chi connectivity index (χ0n) is 5.26. The number of rotatable bonds is 2. The number of ether oxygens (including phenoxy) is 1. The van der Waals surface area contributed by atoms with Gasteiger partial charge >= 0.3 is 0 Å². The molecule has 0 N–H and O–H groups in total. The first-order valence-corrected chi connectivity index (χ1v) is 3.49. The normalized spacial score (nSPS) is 9.00. The van der Waals surface area contributed by atoms with Crippen LogP contribution in [0.4, 0.5) is 0 Å². The maximum absolute atomic E-state index is 4.91. The molecule has 1 aromatic rings. The molecule has 0 bridgehead atoms. The van der Waals surface area contributed by atoms with Crippen molar-refractivity contribution in [1.82, 2.24) is 0 Å². The molecule has 0 atom stereocenters. The number of methoxy groups -OCH3 is 1. The molecule has 2 heteroatoms. The standard InChI is InChI=1S/C7H8OS/c1-6(8-2)7-4-3-5-9-7/h3-5H,1H2,2H3. The van der Waals surface area contributed by atoms with E-state index in [1.165, 1.54) is 0 Å². The molecule has 0 amide bonds. The molecule has 0 saturated heterocycles. The largest absolute Gasteiger partial charge is 0.496 e. The second-order valence-electron chi connectivity index (χ2n) is 1.60. The van der Waals surface area contributed by atoms with Crippen LogP contribution in [0.25, 0.3) is 5.76 Å². The molecule has 0 aliphatic carbocycles. The highest BCUT2D eigenvalue weighted by Crippen LogP contribution is 2.17. The van der Waals surface area contributed by atoms with Crippen LogP contribution in [-0.4, -0.2) is 7.11 Å². The lowest BCUT2D eigenvalue weighted by Gasteiger charge is -1.97. The van der Waals surface area contributed by atoms with Crippen molar-refractivity contribution in [3.63, 3.8) is 0 Å². The third kappa shape index (κ3) is 1.33. The summed E-state index contributed by atoms with van der Waals surface area (Å²) in [5.41, 5.74) is 0. The Morgan fingerprint density at radius 2 is 2.56 bits per heavy atom. The Hall–Kier alpha value is -0.760. The molecule has 1 aromatic heterocycles. The summed E-state index contributed by atoms with van der Waals surface area (Å²) in [6, 6.07) is 3.96. The summed E-state index contributed by atoms with van der Waals surface area (Å²) >= 11 is 1.63. The summed E-state index contributed by atoms with van der Waals surface area (Å²) in [5.74, 6) is 0.741. The van der Waals surface area contributed by atoms with Crippen LogP contribution in [0.2, 0.25) is 0 Å². The summed E-state index contributed by atoms with van der Waals surface area (Å²) in [4.78, 5) is 1.09. The van der Waals surface area contributed by atoms with Crippen LogP contribution in [-0.2, 0) is 4.74 Å². The molecule has 1 nitrogen and oxygen atoms in total. The summed E-state index contributed by atoms with van der Waals surface area (Å²) in [6.45, 7) is 3.70. The van der Waals surface area contributed by atoms with Gasteiger partial charge in [-0.25, -0.2) is 0 Å². The monoisotopic (exact) mass is 140 g/mol. The van der Waals surface area contributed by atoms with E-state index in [1.807, 2.05) is 17.5 Å². The Labute approximate surface area is 58.6 Å². The Kier molecular flexibility index (Phi) is 1.90. The SMILES string of the molecule is C=C(OC)c1cccs1. The molecule has 0 aliphatic rings. The third-order valence-corrected chi connectivity index (χ3v) is 1.95. The topological polar surface area (TPSA) is 9.23 Å². The van der Waals surface area contributed by atoms with Crippen molar-refractivity contribution >= 4 is 17.1 Å². The van der Waals surface area contributed by atoms with Crippen LogP contribution in [0.1, 0.15) is 4.88 Å². The molecular formula is C7H8OS. The van der Waals surface area contributed by atoms with Crippen LogP contribution in [0.15, 0.2) is 24.1 Å². The molecule has 0 aliphatic heterocycles. The van der Waals surface area contributed by atoms with Gasteiger partial charge < -0.3 is 4.74 Å². The highest BCUT2D eigenvalue weighted by molar-refractivity contribution is 7.11. The lowest BCUT2D eigenvalue weighted by atomic mass is 10.4. The zero-order chi connectivity index (χ0) is 6.69. The fourth-order valence-electron chi connectivity index (χ4n) is 0.538. The van der Waals surface area contributed by atoms with Crippen molar-refractivity contribution in [2.75, 3.05) is 7.11 Å². The van der Waals surface area contributed by atoms with E-state index in [0.717, 1.165) is 10.6 Å². The van der Waals surface area contributed by atoms with Crippen molar-refractivity contribution in [3.05, 3.63) is 29.0 Å². The molecule has 9 heavy (non-hydrogen) atoms. The van der Waals surface area contributed by atoms with E-state index in [9.17, 15) is 0 Å². The first-order chi connectivity index (χ1) is 4.34. The minimum atomic E-state index is 0.741. The molecule has 0 unspecified atom stereocenters. The van der Waals surface area contributed by atoms with E-state index >= 15 is 0 Å². The molecular weight excluding hydrogens is 132 g/mol. The van der Waals surface area contributed by atoms with E-state index in [4.69, 9.17) is 4.74 Å². The van der Waals surface area contributed by atoms with Gasteiger partial charge in [0.2, 0.25) is 0 Å². The van der Waals surface area contributed by atoms with Crippen LogP contribution >= 0.6 is 11.3 Å². The Morgan fingerprint density at radius 3 is 3.00 bits per heavy atom. The van der Waals surface area contributed by atoms with Crippen molar-refractivity contribution in [1.29, 1.82) is 0 Å². The maximum Gasteiger partial charge on any atom is 0.128 e. The molecule has 0 fully saturated rings. The number of hydrogen-bond donors (Lipinski definition) is 0. The summed E-state index contributed by atoms with van der Waals surface area (Å²) in [6.07, 6.45) is 0. The summed E-state index contributed by atoms with van der Waals surface area (Å²) < 4.78 is 4.91. The maximum atomic E-state index is 4.91. The van der Waals surface area contributed by atoms with E-state index in [0.29, 0.717) is 0 Å². The van der Waals surface area contributed by atoms with Gasteiger partial charge in [-0.1, -0.05) is 12.6 Å². The first kappa shape index (κ1) is 6.36. The highest BCUT2D eigenvalue weighted by Gasteiger charge is 1.95. The first-order valence-electron chi connectivity index (χ1n) is 2.61.